The maximum Gasteiger partial charge on any atom is 0.0600 e. The van der Waals surface area contributed by atoms with Crippen molar-refractivity contribution in [1.82, 2.24) is 0 Å². The average Bonchev–Trinajstić information content (AvgIpc) is 1.93. The van der Waals surface area contributed by atoms with Crippen molar-refractivity contribution in [1.29, 1.82) is 0 Å². The zero-order valence-corrected chi connectivity index (χ0v) is 7.81. The lowest BCUT2D eigenvalue weighted by atomic mass is 9.80. The minimum Gasteiger partial charge on any atom is -0.378 e. The molecule has 0 aliphatic heterocycles. The molecule has 0 aromatic rings. The average molecular weight is 156 g/mol. The summed E-state index contributed by atoms with van der Waals surface area (Å²) in [5.74, 6) is 0.895. The van der Waals surface area contributed by atoms with E-state index >= 15 is 0 Å². The van der Waals surface area contributed by atoms with Gasteiger partial charge in [-0.15, -0.1) is 0 Å². The molecule has 1 aliphatic carbocycles. The van der Waals surface area contributed by atoms with Crippen LogP contribution in [0.1, 0.15) is 46.0 Å². The third-order valence-corrected chi connectivity index (χ3v) is 2.61. The molecule has 0 radical (unpaired) electrons. The van der Waals surface area contributed by atoms with E-state index in [1.807, 2.05) is 0 Å². The summed E-state index contributed by atoms with van der Waals surface area (Å²) in [7, 11) is 0. The molecule has 0 bridgehead atoms. The monoisotopic (exact) mass is 156 g/mol. The zero-order chi connectivity index (χ0) is 8.10. The van der Waals surface area contributed by atoms with Crippen LogP contribution in [0.2, 0.25) is 0 Å². The van der Waals surface area contributed by atoms with Crippen molar-refractivity contribution < 1.29 is 4.74 Å². The van der Waals surface area contributed by atoms with E-state index in [1.165, 1.54) is 25.7 Å². The summed E-state index contributed by atoms with van der Waals surface area (Å²) in [4.78, 5) is 0. The first kappa shape index (κ1) is 9.05. The van der Waals surface area contributed by atoms with Gasteiger partial charge in [0.15, 0.2) is 0 Å². The summed E-state index contributed by atoms with van der Waals surface area (Å²) in [5.41, 5.74) is 0. The van der Waals surface area contributed by atoms with Crippen LogP contribution in [0.25, 0.3) is 0 Å². The molecule has 66 valence electrons. The van der Waals surface area contributed by atoms with Gasteiger partial charge in [-0.05, 0) is 31.6 Å². The molecule has 0 aromatic heterocycles. The van der Waals surface area contributed by atoms with Crippen LogP contribution in [0.5, 0.6) is 0 Å². The van der Waals surface area contributed by atoms with Crippen LogP contribution < -0.4 is 0 Å². The minimum atomic E-state index is 0.573. The Hall–Kier alpha value is -0.0400. The molecule has 1 heteroatoms. The van der Waals surface area contributed by atoms with Crippen molar-refractivity contribution >= 4 is 0 Å². The van der Waals surface area contributed by atoms with Crippen LogP contribution >= 0.6 is 0 Å². The summed E-state index contributed by atoms with van der Waals surface area (Å²) < 4.78 is 5.74. The van der Waals surface area contributed by atoms with Crippen LogP contribution in [0.15, 0.2) is 0 Å². The molecule has 1 saturated carbocycles. The fourth-order valence-electron chi connectivity index (χ4n) is 1.67. The van der Waals surface area contributed by atoms with Gasteiger partial charge in [0, 0.05) is 6.61 Å². The molecule has 0 aromatic carbocycles. The second-order valence-electron chi connectivity index (χ2n) is 3.51. The van der Waals surface area contributed by atoms with Gasteiger partial charge in [-0.1, -0.05) is 20.3 Å². The minimum absolute atomic E-state index is 0.573. The first-order valence-corrected chi connectivity index (χ1v) is 5.00. The van der Waals surface area contributed by atoms with Crippen molar-refractivity contribution in [2.75, 3.05) is 6.61 Å². The van der Waals surface area contributed by atoms with Gasteiger partial charge in [0.25, 0.3) is 0 Å². The van der Waals surface area contributed by atoms with E-state index < -0.39 is 0 Å². The topological polar surface area (TPSA) is 9.23 Å². The van der Waals surface area contributed by atoms with Crippen LogP contribution in [-0.4, -0.2) is 12.7 Å². The van der Waals surface area contributed by atoms with E-state index in [0.717, 1.165) is 18.9 Å². The number of hydrogen-bond acceptors (Lipinski definition) is 1. The second-order valence-corrected chi connectivity index (χ2v) is 3.51. The maximum absolute atomic E-state index is 5.74. The van der Waals surface area contributed by atoms with Crippen LogP contribution in [0.4, 0.5) is 0 Å². The Morgan fingerprint density at radius 1 is 1.36 bits per heavy atom. The molecule has 1 unspecified atom stereocenters. The SMILES string of the molecule is CCCOC(CC)C1CCC1. The highest BCUT2D eigenvalue weighted by molar-refractivity contribution is 4.77. The number of hydrogen-bond donors (Lipinski definition) is 0. The maximum atomic E-state index is 5.74. The predicted molar refractivity (Wildman–Crippen MR) is 47.7 cm³/mol. The number of rotatable bonds is 5. The molecule has 0 amide bonds. The Kier molecular flexibility index (Phi) is 3.92. The summed E-state index contributed by atoms with van der Waals surface area (Å²) in [5, 5.41) is 0. The fraction of sp³-hybridized carbons (Fsp3) is 1.00. The van der Waals surface area contributed by atoms with E-state index in [0.29, 0.717) is 6.10 Å². The Morgan fingerprint density at radius 3 is 2.45 bits per heavy atom. The highest BCUT2D eigenvalue weighted by atomic mass is 16.5. The normalized spacial score (nSPS) is 21.3. The van der Waals surface area contributed by atoms with E-state index in [-0.39, 0.29) is 0 Å². The van der Waals surface area contributed by atoms with Crippen molar-refractivity contribution in [2.45, 2.75) is 52.1 Å². The molecule has 1 aliphatic rings. The first-order chi connectivity index (χ1) is 5.38. The Labute approximate surface area is 70.1 Å². The van der Waals surface area contributed by atoms with Gasteiger partial charge in [-0.3, -0.25) is 0 Å². The van der Waals surface area contributed by atoms with Gasteiger partial charge < -0.3 is 4.74 Å². The van der Waals surface area contributed by atoms with Crippen molar-refractivity contribution in [3.05, 3.63) is 0 Å². The smallest absolute Gasteiger partial charge is 0.0600 e. The Balaban J connectivity index is 2.13. The fourth-order valence-corrected chi connectivity index (χ4v) is 1.67. The van der Waals surface area contributed by atoms with Gasteiger partial charge in [0.1, 0.15) is 0 Å². The zero-order valence-electron chi connectivity index (χ0n) is 7.81. The molecule has 0 spiro atoms. The summed E-state index contributed by atoms with van der Waals surface area (Å²) in [6.45, 7) is 5.36. The van der Waals surface area contributed by atoms with E-state index in [1.54, 1.807) is 0 Å². The van der Waals surface area contributed by atoms with Crippen LogP contribution in [-0.2, 0) is 4.74 Å². The van der Waals surface area contributed by atoms with Crippen molar-refractivity contribution in [3.63, 3.8) is 0 Å². The molecule has 1 rings (SSSR count). The highest BCUT2D eigenvalue weighted by Gasteiger charge is 2.25. The van der Waals surface area contributed by atoms with Gasteiger partial charge in [0.05, 0.1) is 6.10 Å². The summed E-state index contributed by atoms with van der Waals surface area (Å²) in [6.07, 6.45) is 7.17. The molecule has 0 N–H and O–H groups in total. The predicted octanol–water partition coefficient (Wildman–Crippen LogP) is 2.99. The van der Waals surface area contributed by atoms with E-state index in [4.69, 9.17) is 4.74 Å². The highest BCUT2D eigenvalue weighted by Crippen LogP contribution is 2.32. The Bertz CT molecular complexity index is 97.0. The standard InChI is InChI=1S/C10H20O/c1-3-8-11-10(4-2)9-6-5-7-9/h9-10H,3-8H2,1-2H3. The molecule has 0 heterocycles. The summed E-state index contributed by atoms with van der Waals surface area (Å²) >= 11 is 0. The number of ether oxygens (including phenoxy) is 1. The van der Waals surface area contributed by atoms with E-state index in [9.17, 15) is 0 Å². The Morgan fingerprint density at radius 2 is 2.09 bits per heavy atom. The largest absolute Gasteiger partial charge is 0.378 e. The third-order valence-electron chi connectivity index (χ3n) is 2.61. The lowest BCUT2D eigenvalue weighted by molar-refractivity contribution is -0.0153. The third kappa shape index (κ3) is 2.48. The van der Waals surface area contributed by atoms with Gasteiger partial charge in [-0.2, -0.15) is 0 Å². The van der Waals surface area contributed by atoms with Crippen molar-refractivity contribution in [2.24, 2.45) is 5.92 Å². The molecule has 1 nitrogen and oxygen atoms in total. The van der Waals surface area contributed by atoms with Gasteiger partial charge >= 0.3 is 0 Å². The second kappa shape index (κ2) is 4.76. The molecular formula is C10H20O. The lowest BCUT2D eigenvalue weighted by Crippen LogP contribution is -2.29. The van der Waals surface area contributed by atoms with Gasteiger partial charge in [-0.25, -0.2) is 0 Å². The molecule has 1 atom stereocenters. The van der Waals surface area contributed by atoms with E-state index in [2.05, 4.69) is 13.8 Å². The lowest BCUT2D eigenvalue weighted by Gasteiger charge is -2.33. The molecule has 0 saturated heterocycles. The molecule has 11 heavy (non-hydrogen) atoms. The molecule has 1 fully saturated rings. The first-order valence-electron chi connectivity index (χ1n) is 5.00. The van der Waals surface area contributed by atoms with Gasteiger partial charge in [0.2, 0.25) is 0 Å². The van der Waals surface area contributed by atoms with Crippen LogP contribution in [0.3, 0.4) is 0 Å². The molecular weight excluding hydrogens is 136 g/mol. The summed E-state index contributed by atoms with van der Waals surface area (Å²) in [6, 6.07) is 0. The van der Waals surface area contributed by atoms with Crippen molar-refractivity contribution in [3.8, 4) is 0 Å². The van der Waals surface area contributed by atoms with Crippen LogP contribution in [0, 0.1) is 5.92 Å². The quantitative estimate of drug-likeness (QED) is 0.594.